The van der Waals surface area contributed by atoms with Crippen LogP contribution in [0.4, 0.5) is 4.39 Å². The van der Waals surface area contributed by atoms with Crippen molar-refractivity contribution in [1.82, 2.24) is 14.4 Å². The van der Waals surface area contributed by atoms with Gasteiger partial charge >= 0.3 is 0 Å². The van der Waals surface area contributed by atoms with Gasteiger partial charge in [-0.15, -0.1) is 0 Å². The SMILES string of the molecule is Fc1cncc(-c2cn3cc(Br)ccc3n2)c1. The zero-order valence-corrected chi connectivity index (χ0v) is 10.2. The van der Waals surface area contributed by atoms with Crippen LogP contribution in [-0.2, 0) is 0 Å². The molecule has 0 saturated carbocycles. The fourth-order valence-electron chi connectivity index (χ4n) is 1.66. The summed E-state index contributed by atoms with van der Waals surface area (Å²) in [5.74, 6) is -0.360. The molecule has 0 fully saturated rings. The van der Waals surface area contributed by atoms with Crippen molar-refractivity contribution < 1.29 is 4.39 Å². The Balaban J connectivity index is 2.18. The molecule has 3 aromatic heterocycles. The predicted molar refractivity (Wildman–Crippen MR) is 66.1 cm³/mol. The molecule has 3 nitrogen and oxygen atoms in total. The fourth-order valence-corrected chi connectivity index (χ4v) is 2.01. The van der Waals surface area contributed by atoms with Crippen LogP contribution >= 0.6 is 15.9 Å². The van der Waals surface area contributed by atoms with E-state index < -0.39 is 0 Å². The Morgan fingerprint density at radius 1 is 1.18 bits per heavy atom. The Kier molecular flexibility index (Phi) is 2.40. The van der Waals surface area contributed by atoms with Gasteiger partial charge in [-0.1, -0.05) is 0 Å². The molecule has 0 atom stereocenters. The number of hydrogen-bond donors (Lipinski definition) is 0. The standard InChI is InChI=1S/C12H7BrFN3/c13-9-1-2-12-16-11(7-17(12)6-9)8-3-10(14)5-15-4-8/h1-7H. The summed E-state index contributed by atoms with van der Waals surface area (Å²) in [4.78, 5) is 8.22. The van der Waals surface area contributed by atoms with Crippen LogP contribution in [-0.4, -0.2) is 14.4 Å². The summed E-state index contributed by atoms with van der Waals surface area (Å²) in [7, 11) is 0. The first-order valence-corrected chi connectivity index (χ1v) is 5.77. The quantitative estimate of drug-likeness (QED) is 0.689. The third-order valence-corrected chi connectivity index (χ3v) is 2.88. The van der Waals surface area contributed by atoms with E-state index in [-0.39, 0.29) is 5.82 Å². The van der Waals surface area contributed by atoms with Gasteiger partial charge < -0.3 is 4.40 Å². The second kappa shape index (κ2) is 3.92. The second-order valence-corrected chi connectivity index (χ2v) is 4.55. The van der Waals surface area contributed by atoms with Crippen molar-refractivity contribution in [2.45, 2.75) is 0 Å². The Morgan fingerprint density at radius 3 is 2.88 bits per heavy atom. The van der Waals surface area contributed by atoms with Crippen molar-refractivity contribution in [2.24, 2.45) is 0 Å². The molecule has 0 aromatic carbocycles. The molecule has 0 N–H and O–H groups in total. The summed E-state index contributed by atoms with van der Waals surface area (Å²) in [6.45, 7) is 0. The summed E-state index contributed by atoms with van der Waals surface area (Å²) >= 11 is 3.39. The van der Waals surface area contributed by atoms with E-state index in [1.165, 1.54) is 12.3 Å². The highest BCUT2D eigenvalue weighted by molar-refractivity contribution is 9.10. The van der Waals surface area contributed by atoms with Crippen LogP contribution in [0.3, 0.4) is 0 Å². The van der Waals surface area contributed by atoms with Crippen molar-refractivity contribution in [1.29, 1.82) is 0 Å². The van der Waals surface area contributed by atoms with Gasteiger partial charge in [0.1, 0.15) is 11.5 Å². The van der Waals surface area contributed by atoms with Gasteiger partial charge in [0.25, 0.3) is 0 Å². The Hall–Kier alpha value is -1.75. The Morgan fingerprint density at radius 2 is 2.06 bits per heavy atom. The molecule has 17 heavy (non-hydrogen) atoms. The molecule has 0 aliphatic carbocycles. The van der Waals surface area contributed by atoms with Gasteiger partial charge in [0.15, 0.2) is 0 Å². The van der Waals surface area contributed by atoms with Crippen LogP contribution in [0.1, 0.15) is 0 Å². The number of halogens is 2. The molecule has 3 rings (SSSR count). The number of fused-ring (bicyclic) bond motifs is 1. The Bertz CT molecular complexity index is 693. The summed E-state index contributed by atoms with van der Waals surface area (Å²) in [6, 6.07) is 5.22. The largest absolute Gasteiger partial charge is 0.305 e. The molecule has 0 aliphatic heterocycles. The van der Waals surface area contributed by atoms with Crippen molar-refractivity contribution in [3.63, 3.8) is 0 Å². The van der Waals surface area contributed by atoms with Crippen molar-refractivity contribution >= 4 is 21.6 Å². The zero-order valence-electron chi connectivity index (χ0n) is 8.64. The van der Waals surface area contributed by atoms with Gasteiger partial charge in [-0.3, -0.25) is 4.98 Å². The molecule has 0 unspecified atom stereocenters. The van der Waals surface area contributed by atoms with Gasteiger partial charge in [-0.2, -0.15) is 0 Å². The van der Waals surface area contributed by atoms with Gasteiger partial charge in [0, 0.05) is 28.6 Å². The van der Waals surface area contributed by atoms with Gasteiger partial charge in [-0.05, 0) is 34.1 Å². The summed E-state index contributed by atoms with van der Waals surface area (Å²) in [5.41, 5.74) is 2.19. The van der Waals surface area contributed by atoms with Crippen LogP contribution in [0.5, 0.6) is 0 Å². The highest BCUT2D eigenvalue weighted by Gasteiger charge is 2.05. The molecule has 3 heterocycles. The molecule has 0 aliphatic rings. The molecular weight excluding hydrogens is 285 g/mol. The predicted octanol–water partition coefficient (Wildman–Crippen LogP) is 3.30. The minimum absolute atomic E-state index is 0.360. The van der Waals surface area contributed by atoms with E-state index in [9.17, 15) is 4.39 Å². The average Bonchev–Trinajstić information content (AvgIpc) is 2.72. The Labute approximate surface area is 105 Å². The van der Waals surface area contributed by atoms with E-state index in [0.29, 0.717) is 11.3 Å². The first kappa shape index (κ1) is 10.4. The molecule has 5 heteroatoms. The topological polar surface area (TPSA) is 30.2 Å². The number of aromatic nitrogens is 3. The zero-order chi connectivity index (χ0) is 11.8. The number of rotatable bonds is 1. The first-order chi connectivity index (χ1) is 8.22. The third-order valence-electron chi connectivity index (χ3n) is 2.42. The van der Waals surface area contributed by atoms with Gasteiger partial charge in [0.2, 0.25) is 0 Å². The van der Waals surface area contributed by atoms with E-state index in [2.05, 4.69) is 25.9 Å². The van der Waals surface area contributed by atoms with Gasteiger partial charge in [0.05, 0.1) is 11.9 Å². The van der Waals surface area contributed by atoms with E-state index in [1.54, 1.807) is 6.20 Å². The second-order valence-electron chi connectivity index (χ2n) is 3.63. The van der Waals surface area contributed by atoms with Crippen LogP contribution in [0.25, 0.3) is 16.9 Å². The molecule has 84 valence electrons. The monoisotopic (exact) mass is 291 g/mol. The van der Waals surface area contributed by atoms with Crippen LogP contribution in [0, 0.1) is 5.82 Å². The lowest BCUT2D eigenvalue weighted by Gasteiger charge is -1.94. The lowest BCUT2D eigenvalue weighted by Crippen LogP contribution is -1.82. The fraction of sp³-hybridized carbons (Fsp3) is 0. The van der Waals surface area contributed by atoms with Crippen LogP contribution in [0.15, 0.2) is 47.5 Å². The lowest BCUT2D eigenvalue weighted by molar-refractivity contribution is 0.622. The van der Waals surface area contributed by atoms with Crippen molar-refractivity contribution in [3.8, 4) is 11.3 Å². The normalized spacial score (nSPS) is 10.9. The number of nitrogens with zero attached hydrogens (tertiary/aromatic N) is 3. The minimum Gasteiger partial charge on any atom is -0.305 e. The summed E-state index contributed by atoms with van der Waals surface area (Å²) in [5, 5.41) is 0. The maximum absolute atomic E-state index is 13.1. The lowest BCUT2D eigenvalue weighted by atomic mass is 10.2. The van der Waals surface area contributed by atoms with E-state index >= 15 is 0 Å². The van der Waals surface area contributed by atoms with E-state index in [4.69, 9.17) is 0 Å². The molecule has 0 spiro atoms. The highest BCUT2D eigenvalue weighted by atomic mass is 79.9. The highest BCUT2D eigenvalue weighted by Crippen LogP contribution is 2.20. The molecular formula is C12H7BrFN3. The van der Waals surface area contributed by atoms with Crippen molar-refractivity contribution in [2.75, 3.05) is 0 Å². The molecule has 0 bridgehead atoms. The van der Waals surface area contributed by atoms with Crippen LogP contribution < -0.4 is 0 Å². The van der Waals surface area contributed by atoms with E-state index in [1.807, 2.05) is 28.9 Å². The number of pyridine rings is 2. The average molecular weight is 292 g/mol. The van der Waals surface area contributed by atoms with Gasteiger partial charge in [-0.25, -0.2) is 9.37 Å². The minimum atomic E-state index is -0.360. The maximum Gasteiger partial charge on any atom is 0.142 e. The first-order valence-electron chi connectivity index (χ1n) is 4.97. The van der Waals surface area contributed by atoms with Crippen LogP contribution in [0.2, 0.25) is 0 Å². The molecule has 0 radical (unpaired) electrons. The number of imidazole rings is 1. The summed E-state index contributed by atoms with van der Waals surface area (Å²) in [6.07, 6.45) is 6.52. The third kappa shape index (κ3) is 1.93. The maximum atomic E-state index is 13.1. The summed E-state index contributed by atoms with van der Waals surface area (Å²) < 4.78 is 15.9. The molecule has 0 amide bonds. The van der Waals surface area contributed by atoms with Crippen molar-refractivity contribution in [3.05, 3.63) is 53.3 Å². The molecule has 3 aromatic rings. The van der Waals surface area contributed by atoms with E-state index in [0.717, 1.165) is 10.1 Å². The number of hydrogen-bond acceptors (Lipinski definition) is 2. The molecule has 0 saturated heterocycles. The smallest absolute Gasteiger partial charge is 0.142 e.